The van der Waals surface area contributed by atoms with Gasteiger partial charge in [0.05, 0.1) is 16.4 Å². The first-order valence-corrected chi connectivity index (χ1v) is 8.32. The molecular formula is C14H15Br2ClN2. The largest absolute Gasteiger partial charge is 0.271 e. The van der Waals surface area contributed by atoms with Gasteiger partial charge in [-0.15, -0.1) is 0 Å². The molecule has 0 spiro atoms. The summed E-state index contributed by atoms with van der Waals surface area (Å²) >= 11 is 13.6. The first-order valence-electron chi connectivity index (χ1n) is 6.03. The molecule has 0 N–H and O–H groups in total. The minimum absolute atomic E-state index is 0.364. The maximum atomic E-state index is 6.33. The van der Waals surface area contributed by atoms with E-state index in [9.17, 15) is 0 Å². The smallest absolute Gasteiger partial charge is 0.0847 e. The Morgan fingerprint density at radius 1 is 1.37 bits per heavy atom. The van der Waals surface area contributed by atoms with Gasteiger partial charge in [0.2, 0.25) is 0 Å². The lowest BCUT2D eigenvalue weighted by atomic mass is 9.96. The standard InChI is InChI=1S/C14H15Br2ClN2/c1-9-14(17)13(19(2)18-9)7-10(8-15)11-5-3-4-6-12(11)16/h3-6,10H,7-8H2,1-2H3. The minimum atomic E-state index is 0.364. The predicted octanol–water partition coefficient (Wildman–Crippen LogP) is 4.87. The van der Waals surface area contributed by atoms with Gasteiger partial charge >= 0.3 is 0 Å². The molecule has 0 aliphatic carbocycles. The van der Waals surface area contributed by atoms with Crippen LogP contribution in [0.3, 0.4) is 0 Å². The van der Waals surface area contributed by atoms with Crippen molar-refractivity contribution in [2.24, 2.45) is 7.05 Å². The average Bonchev–Trinajstić information content (AvgIpc) is 2.63. The van der Waals surface area contributed by atoms with Gasteiger partial charge in [0.25, 0.3) is 0 Å². The summed E-state index contributed by atoms with van der Waals surface area (Å²) < 4.78 is 3.01. The Bertz CT molecular complexity index is 581. The lowest BCUT2D eigenvalue weighted by molar-refractivity contribution is 0.659. The monoisotopic (exact) mass is 404 g/mol. The Morgan fingerprint density at radius 3 is 2.58 bits per heavy atom. The van der Waals surface area contributed by atoms with E-state index < -0.39 is 0 Å². The van der Waals surface area contributed by atoms with Crippen molar-refractivity contribution in [1.82, 2.24) is 9.78 Å². The highest BCUT2D eigenvalue weighted by Crippen LogP contribution is 2.31. The van der Waals surface area contributed by atoms with E-state index >= 15 is 0 Å². The summed E-state index contributed by atoms with van der Waals surface area (Å²) in [4.78, 5) is 0. The Labute approximate surface area is 135 Å². The molecule has 102 valence electrons. The molecule has 1 unspecified atom stereocenters. The van der Waals surface area contributed by atoms with Gasteiger partial charge in [-0.25, -0.2) is 0 Å². The van der Waals surface area contributed by atoms with E-state index in [0.717, 1.165) is 32.6 Å². The first kappa shape index (κ1) is 15.1. The summed E-state index contributed by atoms with van der Waals surface area (Å²) in [5, 5.41) is 6.04. The van der Waals surface area contributed by atoms with Crippen molar-refractivity contribution < 1.29 is 0 Å². The molecule has 1 atom stereocenters. The van der Waals surface area contributed by atoms with Crippen LogP contribution in [-0.4, -0.2) is 15.1 Å². The summed E-state index contributed by atoms with van der Waals surface area (Å²) in [5.74, 6) is 0.364. The van der Waals surface area contributed by atoms with Crippen molar-refractivity contribution >= 4 is 43.5 Å². The van der Waals surface area contributed by atoms with Crippen LogP contribution in [0.2, 0.25) is 5.02 Å². The molecule has 0 saturated carbocycles. The van der Waals surface area contributed by atoms with Gasteiger partial charge in [-0.3, -0.25) is 4.68 Å². The van der Waals surface area contributed by atoms with Crippen LogP contribution < -0.4 is 0 Å². The predicted molar refractivity (Wildman–Crippen MR) is 87.3 cm³/mol. The van der Waals surface area contributed by atoms with E-state index in [1.165, 1.54) is 5.56 Å². The maximum Gasteiger partial charge on any atom is 0.0847 e. The second-order valence-corrected chi connectivity index (χ2v) is 6.43. The fourth-order valence-corrected chi connectivity index (χ4v) is 3.61. The van der Waals surface area contributed by atoms with Crippen LogP contribution in [0.5, 0.6) is 0 Å². The lowest BCUT2D eigenvalue weighted by Crippen LogP contribution is -2.09. The molecule has 0 radical (unpaired) electrons. The minimum Gasteiger partial charge on any atom is -0.271 e. The number of rotatable bonds is 4. The third kappa shape index (κ3) is 3.23. The molecule has 1 aromatic heterocycles. The molecule has 0 aliphatic heterocycles. The molecule has 19 heavy (non-hydrogen) atoms. The van der Waals surface area contributed by atoms with Gasteiger partial charge in [0, 0.05) is 22.8 Å². The Morgan fingerprint density at radius 2 is 2.05 bits per heavy atom. The van der Waals surface area contributed by atoms with E-state index in [-0.39, 0.29) is 0 Å². The number of halogens is 3. The van der Waals surface area contributed by atoms with Crippen LogP contribution in [-0.2, 0) is 13.5 Å². The molecule has 0 aliphatic rings. The summed E-state index contributed by atoms with van der Waals surface area (Å²) in [6, 6.07) is 8.31. The molecule has 2 rings (SSSR count). The van der Waals surface area contributed by atoms with Crippen LogP contribution in [0.15, 0.2) is 28.7 Å². The molecule has 2 nitrogen and oxygen atoms in total. The fourth-order valence-electron chi connectivity index (χ4n) is 2.19. The summed E-state index contributed by atoms with van der Waals surface area (Å²) in [7, 11) is 1.94. The van der Waals surface area contributed by atoms with Crippen molar-refractivity contribution in [3.63, 3.8) is 0 Å². The van der Waals surface area contributed by atoms with Crippen molar-refractivity contribution in [3.05, 3.63) is 50.7 Å². The molecule has 2 aromatic rings. The highest BCUT2D eigenvalue weighted by molar-refractivity contribution is 9.10. The zero-order valence-electron chi connectivity index (χ0n) is 10.8. The summed E-state index contributed by atoms with van der Waals surface area (Å²) in [5.41, 5.74) is 3.26. The van der Waals surface area contributed by atoms with Crippen LogP contribution >= 0.6 is 43.5 Å². The van der Waals surface area contributed by atoms with Crippen LogP contribution in [0, 0.1) is 6.92 Å². The number of hydrogen-bond donors (Lipinski definition) is 0. The molecule has 0 amide bonds. The van der Waals surface area contributed by atoms with Gasteiger partial charge in [0.15, 0.2) is 0 Å². The molecule has 1 heterocycles. The lowest BCUT2D eigenvalue weighted by Gasteiger charge is -2.16. The topological polar surface area (TPSA) is 17.8 Å². The Hall–Kier alpha value is -0.320. The first-order chi connectivity index (χ1) is 9.04. The molecule has 0 bridgehead atoms. The number of aromatic nitrogens is 2. The average molecular weight is 407 g/mol. The van der Waals surface area contributed by atoms with Crippen molar-refractivity contribution in [2.45, 2.75) is 19.3 Å². The Balaban J connectivity index is 2.32. The molecular weight excluding hydrogens is 391 g/mol. The second kappa shape index (κ2) is 6.42. The molecule has 5 heteroatoms. The van der Waals surface area contributed by atoms with E-state index in [2.05, 4.69) is 55.2 Å². The van der Waals surface area contributed by atoms with Gasteiger partial charge in [-0.2, -0.15) is 5.10 Å². The number of nitrogens with zero attached hydrogens (tertiary/aromatic N) is 2. The third-order valence-corrected chi connectivity index (χ3v) is 5.23. The number of aryl methyl sites for hydroxylation is 2. The van der Waals surface area contributed by atoms with Crippen LogP contribution in [0.4, 0.5) is 0 Å². The van der Waals surface area contributed by atoms with E-state index in [1.807, 2.05) is 24.7 Å². The molecule has 1 aromatic carbocycles. The van der Waals surface area contributed by atoms with E-state index in [0.29, 0.717) is 5.92 Å². The van der Waals surface area contributed by atoms with Gasteiger partial charge < -0.3 is 0 Å². The Kier molecular flexibility index (Phi) is 5.09. The van der Waals surface area contributed by atoms with Crippen molar-refractivity contribution in [2.75, 3.05) is 5.33 Å². The van der Waals surface area contributed by atoms with Crippen molar-refractivity contribution in [3.8, 4) is 0 Å². The van der Waals surface area contributed by atoms with Gasteiger partial charge in [0.1, 0.15) is 0 Å². The third-order valence-electron chi connectivity index (χ3n) is 3.23. The summed E-state index contributed by atoms with van der Waals surface area (Å²) in [6.45, 7) is 1.94. The highest BCUT2D eigenvalue weighted by Gasteiger charge is 2.19. The maximum absolute atomic E-state index is 6.33. The zero-order chi connectivity index (χ0) is 14.0. The summed E-state index contributed by atoms with van der Waals surface area (Å²) in [6.07, 6.45) is 0.865. The molecule has 0 saturated heterocycles. The zero-order valence-corrected chi connectivity index (χ0v) is 14.8. The van der Waals surface area contributed by atoms with Gasteiger partial charge in [-0.1, -0.05) is 61.7 Å². The van der Waals surface area contributed by atoms with Gasteiger partial charge in [-0.05, 0) is 25.0 Å². The fraction of sp³-hybridized carbons (Fsp3) is 0.357. The van der Waals surface area contributed by atoms with Crippen molar-refractivity contribution in [1.29, 1.82) is 0 Å². The molecule has 0 fully saturated rings. The SMILES string of the molecule is Cc1nn(C)c(CC(CBr)c2ccccc2Br)c1Cl. The second-order valence-electron chi connectivity index (χ2n) is 4.55. The highest BCUT2D eigenvalue weighted by atomic mass is 79.9. The number of benzene rings is 1. The number of hydrogen-bond acceptors (Lipinski definition) is 1. The van der Waals surface area contributed by atoms with E-state index in [1.54, 1.807) is 0 Å². The van der Waals surface area contributed by atoms with Crippen LogP contribution in [0.1, 0.15) is 22.9 Å². The number of alkyl halides is 1. The van der Waals surface area contributed by atoms with E-state index in [4.69, 9.17) is 11.6 Å². The van der Waals surface area contributed by atoms with Crippen LogP contribution in [0.25, 0.3) is 0 Å². The normalized spacial score (nSPS) is 12.7. The quantitative estimate of drug-likeness (QED) is 0.663.